The van der Waals surface area contributed by atoms with Crippen LogP contribution in [0.25, 0.3) is 0 Å². The molecule has 1 aromatic carbocycles. The molecular weight excluding hydrogens is 280 g/mol. The smallest absolute Gasteiger partial charge is 0.112 e. The highest BCUT2D eigenvalue weighted by molar-refractivity contribution is 5.34. The predicted octanol–water partition coefficient (Wildman–Crippen LogP) is 4.67. The fraction of sp³-hybridized carbons (Fsp3) is 0.667. The maximum atomic E-state index is 10.1. The molecule has 23 heavy (non-hydrogen) atoms. The van der Waals surface area contributed by atoms with Gasteiger partial charge in [-0.2, -0.15) is 5.26 Å². The fourth-order valence-electron chi connectivity index (χ4n) is 6.13. The predicted molar refractivity (Wildman–Crippen MR) is 92.9 cm³/mol. The average molecular weight is 308 g/mol. The van der Waals surface area contributed by atoms with E-state index in [9.17, 15) is 5.26 Å². The van der Waals surface area contributed by atoms with Crippen LogP contribution in [0, 0.1) is 48.9 Å². The van der Waals surface area contributed by atoms with E-state index in [-0.39, 0.29) is 11.6 Å². The van der Waals surface area contributed by atoms with E-state index < -0.39 is 0 Å². The molecule has 0 unspecified atom stereocenters. The van der Waals surface area contributed by atoms with Gasteiger partial charge in [0.1, 0.15) is 5.54 Å². The van der Waals surface area contributed by atoms with Gasteiger partial charge >= 0.3 is 0 Å². The van der Waals surface area contributed by atoms with E-state index in [2.05, 4.69) is 50.4 Å². The molecule has 2 heteroatoms. The number of hydrogen-bond acceptors (Lipinski definition) is 2. The van der Waals surface area contributed by atoms with Crippen LogP contribution in [0.5, 0.6) is 0 Å². The molecule has 0 radical (unpaired) electrons. The number of rotatable bonds is 3. The Balaban J connectivity index is 1.62. The summed E-state index contributed by atoms with van der Waals surface area (Å²) in [4.78, 5) is 0. The van der Waals surface area contributed by atoms with Gasteiger partial charge in [0.15, 0.2) is 0 Å². The maximum Gasteiger partial charge on any atom is 0.112 e. The average Bonchev–Trinajstić information content (AvgIpc) is 2.50. The quantitative estimate of drug-likeness (QED) is 0.880. The molecular formula is C21H28N2. The molecule has 0 spiro atoms. The van der Waals surface area contributed by atoms with Crippen LogP contribution >= 0.6 is 0 Å². The molecule has 0 aliphatic heterocycles. The zero-order valence-electron chi connectivity index (χ0n) is 14.6. The molecule has 1 atom stereocenters. The van der Waals surface area contributed by atoms with Crippen LogP contribution in [0.4, 0.5) is 0 Å². The van der Waals surface area contributed by atoms with E-state index in [1.165, 1.54) is 48.8 Å². The first-order valence-corrected chi connectivity index (χ1v) is 9.28. The minimum absolute atomic E-state index is 0.243. The summed E-state index contributed by atoms with van der Waals surface area (Å²) >= 11 is 0. The standard InChI is InChI=1S/C21H28N2/c1-13-4-5-20(14(2)6-13)15(3)23-21(12-22)18-8-16-7-17(10-18)11-19(21)9-16/h4-6,15-19,23H,7-11H2,1-3H3/t15-,16?,17?,18?,19?,21?/m0/s1. The first-order chi connectivity index (χ1) is 11.0. The number of nitrogens with one attached hydrogen (secondary N) is 1. The van der Waals surface area contributed by atoms with Crippen LogP contribution in [0.15, 0.2) is 18.2 Å². The molecule has 0 amide bonds. The highest BCUT2D eigenvalue weighted by Gasteiger charge is 2.58. The highest BCUT2D eigenvalue weighted by atomic mass is 15.0. The normalized spacial score (nSPS) is 39.2. The molecule has 4 aliphatic rings. The summed E-state index contributed by atoms with van der Waals surface area (Å²) in [6.45, 7) is 6.57. The Morgan fingerprint density at radius 1 is 1.09 bits per heavy atom. The van der Waals surface area contributed by atoms with E-state index in [0.29, 0.717) is 11.8 Å². The van der Waals surface area contributed by atoms with E-state index >= 15 is 0 Å². The largest absolute Gasteiger partial charge is 0.292 e. The number of hydrogen-bond donors (Lipinski definition) is 1. The van der Waals surface area contributed by atoms with Crippen LogP contribution in [0.2, 0.25) is 0 Å². The Morgan fingerprint density at radius 2 is 1.70 bits per heavy atom. The summed E-state index contributed by atoms with van der Waals surface area (Å²) in [6.07, 6.45) is 6.52. The Labute approximate surface area is 140 Å². The minimum Gasteiger partial charge on any atom is -0.292 e. The second-order valence-corrected chi connectivity index (χ2v) is 8.51. The summed E-state index contributed by atoms with van der Waals surface area (Å²) in [5.41, 5.74) is 3.70. The van der Waals surface area contributed by atoms with E-state index in [1.54, 1.807) is 0 Å². The van der Waals surface area contributed by atoms with Crippen molar-refractivity contribution in [2.75, 3.05) is 0 Å². The summed E-state index contributed by atoms with van der Waals surface area (Å²) < 4.78 is 0. The second kappa shape index (κ2) is 5.35. The third kappa shape index (κ3) is 2.32. The molecule has 2 nitrogen and oxygen atoms in total. The number of aryl methyl sites for hydroxylation is 2. The Hall–Kier alpha value is -1.33. The molecule has 0 saturated heterocycles. The second-order valence-electron chi connectivity index (χ2n) is 8.51. The first-order valence-electron chi connectivity index (χ1n) is 9.28. The summed E-state index contributed by atoms with van der Waals surface area (Å²) in [6, 6.07) is 9.71. The zero-order chi connectivity index (χ0) is 16.2. The summed E-state index contributed by atoms with van der Waals surface area (Å²) in [5, 5.41) is 14.0. The van der Waals surface area contributed by atoms with Crippen molar-refractivity contribution >= 4 is 0 Å². The monoisotopic (exact) mass is 308 g/mol. The molecule has 4 aliphatic carbocycles. The van der Waals surface area contributed by atoms with Gasteiger partial charge < -0.3 is 0 Å². The SMILES string of the molecule is Cc1ccc([C@H](C)NC2(C#N)C3CC4CC(C3)CC2C4)c(C)c1. The van der Waals surface area contributed by atoms with Crippen molar-refractivity contribution in [2.24, 2.45) is 23.7 Å². The molecule has 4 fully saturated rings. The number of benzene rings is 1. The third-order valence-corrected chi connectivity index (χ3v) is 6.96. The van der Waals surface area contributed by atoms with Crippen molar-refractivity contribution in [1.29, 1.82) is 5.26 Å². The lowest BCUT2D eigenvalue weighted by atomic mass is 9.49. The van der Waals surface area contributed by atoms with Crippen LogP contribution < -0.4 is 5.32 Å². The molecule has 4 saturated carbocycles. The maximum absolute atomic E-state index is 10.1. The Kier molecular flexibility index (Phi) is 3.54. The van der Waals surface area contributed by atoms with Gasteiger partial charge in [0, 0.05) is 6.04 Å². The van der Waals surface area contributed by atoms with Gasteiger partial charge in [0.25, 0.3) is 0 Å². The van der Waals surface area contributed by atoms with Gasteiger partial charge in [0.05, 0.1) is 6.07 Å². The lowest BCUT2D eigenvalue weighted by Crippen LogP contribution is -2.64. The van der Waals surface area contributed by atoms with Gasteiger partial charge in [-0.1, -0.05) is 23.8 Å². The molecule has 1 aromatic rings. The lowest BCUT2D eigenvalue weighted by Gasteiger charge is -2.59. The van der Waals surface area contributed by atoms with Crippen molar-refractivity contribution < 1.29 is 0 Å². The highest BCUT2D eigenvalue weighted by Crippen LogP contribution is 2.58. The van der Waals surface area contributed by atoms with Crippen molar-refractivity contribution in [3.63, 3.8) is 0 Å². The Morgan fingerprint density at radius 3 is 2.22 bits per heavy atom. The first kappa shape index (κ1) is 15.2. The van der Waals surface area contributed by atoms with Gasteiger partial charge in [-0.05, 0) is 87.7 Å². The number of nitriles is 1. The summed E-state index contributed by atoms with van der Waals surface area (Å²) in [5.74, 6) is 2.93. The van der Waals surface area contributed by atoms with E-state index in [0.717, 1.165) is 11.8 Å². The molecule has 122 valence electrons. The fourth-order valence-corrected chi connectivity index (χ4v) is 6.13. The topological polar surface area (TPSA) is 35.8 Å². The lowest BCUT2D eigenvalue weighted by molar-refractivity contribution is -0.0506. The zero-order valence-corrected chi connectivity index (χ0v) is 14.6. The molecule has 4 bridgehead atoms. The molecule has 5 rings (SSSR count). The van der Waals surface area contributed by atoms with Gasteiger partial charge in [-0.15, -0.1) is 0 Å². The molecule has 0 aromatic heterocycles. The molecule has 0 heterocycles. The van der Waals surface area contributed by atoms with Crippen LogP contribution in [-0.4, -0.2) is 5.54 Å². The minimum atomic E-state index is -0.288. The van der Waals surface area contributed by atoms with E-state index in [1.807, 2.05) is 0 Å². The van der Waals surface area contributed by atoms with Crippen LogP contribution in [0.3, 0.4) is 0 Å². The van der Waals surface area contributed by atoms with Crippen molar-refractivity contribution in [1.82, 2.24) is 5.32 Å². The van der Waals surface area contributed by atoms with Gasteiger partial charge in [-0.3, -0.25) is 5.32 Å². The Bertz CT molecular complexity index is 626. The number of nitrogens with zero attached hydrogens (tertiary/aromatic N) is 1. The summed E-state index contributed by atoms with van der Waals surface area (Å²) in [7, 11) is 0. The van der Waals surface area contributed by atoms with Crippen LogP contribution in [0.1, 0.15) is 61.8 Å². The van der Waals surface area contributed by atoms with E-state index in [4.69, 9.17) is 0 Å². The molecule has 1 N–H and O–H groups in total. The van der Waals surface area contributed by atoms with Crippen molar-refractivity contribution in [2.45, 2.75) is 64.5 Å². The third-order valence-electron chi connectivity index (χ3n) is 6.96. The van der Waals surface area contributed by atoms with Gasteiger partial charge in [-0.25, -0.2) is 0 Å². The van der Waals surface area contributed by atoms with Gasteiger partial charge in [0.2, 0.25) is 0 Å². The van der Waals surface area contributed by atoms with Crippen molar-refractivity contribution in [3.8, 4) is 6.07 Å². The van der Waals surface area contributed by atoms with Crippen molar-refractivity contribution in [3.05, 3.63) is 34.9 Å². The van der Waals surface area contributed by atoms with Crippen LogP contribution in [-0.2, 0) is 0 Å².